The largest absolute Gasteiger partial charge is 0.272 e. The van der Waals surface area contributed by atoms with Gasteiger partial charge in [-0.05, 0) is 30.5 Å². The average molecular weight is 306 g/mol. The molecule has 0 saturated carbocycles. The van der Waals surface area contributed by atoms with Crippen molar-refractivity contribution in [1.29, 1.82) is 0 Å². The first kappa shape index (κ1) is 14.9. The van der Waals surface area contributed by atoms with Gasteiger partial charge >= 0.3 is 0 Å². The molecule has 0 radical (unpaired) electrons. The lowest BCUT2D eigenvalue weighted by atomic mass is 10.1. The summed E-state index contributed by atoms with van der Waals surface area (Å²) in [7, 11) is 0. The van der Waals surface area contributed by atoms with E-state index in [1.54, 1.807) is 28.9 Å². The molecule has 2 aromatic rings. The maximum absolute atomic E-state index is 11.9. The van der Waals surface area contributed by atoms with E-state index < -0.39 is 0 Å². The third-order valence-corrected chi connectivity index (χ3v) is 5.24. The molecule has 0 saturated heterocycles. The second-order valence-corrected chi connectivity index (χ2v) is 6.89. The maximum Gasteiger partial charge on any atom is 0.272 e. The van der Waals surface area contributed by atoms with Crippen molar-refractivity contribution in [3.8, 4) is 0 Å². The molecule has 106 valence electrons. The summed E-state index contributed by atoms with van der Waals surface area (Å²) in [4.78, 5) is 15.5. The molecule has 0 aliphatic rings. The highest BCUT2D eigenvalue weighted by molar-refractivity contribution is 7.13. The van der Waals surface area contributed by atoms with E-state index in [9.17, 15) is 4.79 Å². The Morgan fingerprint density at radius 2 is 2.25 bits per heavy atom. The summed E-state index contributed by atoms with van der Waals surface area (Å²) in [5.74, 6) is 0.292. The highest BCUT2D eigenvalue weighted by Gasteiger charge is 2.09. The van der Waals surface area contributed by atoms with Gasteiger partial charge in [0.2, 0.25) is 0 Å². The van der Waals surface area contributed by atoms with Gasteiger partial charge in [-0.15, -0.1) is 22.7 Å². The molecule has 0 aliphatic carbocycles. The fourth-order valence-electron chi connectivity index (χ4n) is 1.65. The van der Waals surface area contributed by atoms with E-state index >= 15 is 0 Å². The quantitative estimate of drug-likeness (QED) is 0.651. The molecule has 3 nitrogen and oxygen atoms in total. The molecular formula is C15H18N2OS2. The minimum Gasteiger partial charge on any atom is -0.267 e. The summed E-state index contributed by atoms with van der Waals surface area (Å²) in [6.07, 6.45) is 2.72. The number of thiophene rings is 2. The van der Waals surface area contributed by atoms with Crippen molar-refractivity contribution in [1.82, 2.24) is 5.43 Å². The summed E-state index contributed by atoms with van der Waals surface area (Å²) in [6, 6.07) is 6.03. The number of nitrogens with zero attached hydrogens (tertiary/aromatic N) is 1. The summed E-state index contributed by atoms with van der Waals surface area (Å²) >= 11 is 3.30. The molecule has 0 aromatic carbocycles. The Labute approximate surface area is 127 Å². The van der Waals surface area contributed by atoms with Crippen molar-refractivity contribution < 1.29 is 4.79 Å². The van der Waals surface area contributed by atoms with Crippen LogP contribution in [-0.2, 0) is 6.42 Å². The normalized spacial score (nSPS) is 11.4. The van der Waals surface area contributed by atoms with Gasteiger partial charge in [0.15, 0.2) is 0 Å². The van der Waals surface area contributed by atoms with Crippen molar-refractivity contribution in [3.05, 3.63) is 43.8 Å². The lowest BCUT2D eigenvalue weighted by Gasteiger charge is -1.98. The number of hydrogen-bond acceptors (Lipinski definition) is 4. The number of carbonyl (C=O) groups is 1. The molecule has 0 atom stereocenters. The van der Waals surface area contributed by atoms with Crippen molar-refractivity contribution in [2.45, 2.75) is 33.1 Å². The Morgan fingerprint density at radius 3 is 2.85 bits per heavy atom. The lowest BCUT2D eigenvalue weighted by Crippen LogP contribution is -2.16. The van der Waals surface area contributed by atoms with Crippen LogP contribution >= 0.6 is 22.7 Å². The lowest BCUT2D eigenvalue weighted by molar-refractivity contribution is 0.0955. The number of hydrogen-bond donors (Lipinski definition) is 1. The first-order valence-corrected chi connectivity index (χ1v) is 8.30. The van der Waals surface area contributed by atoms with Gasteiger partial charge in [-0.25, -0.2) is 5.43 Å². The monoisotopic (exact) mass is 306 g/mol. The van der Waals surface area contributed by atoms with Crippen LogP contribution in [0.5, 0.6) is 0 Å². The van der Waals surface area contributed by atoms with Gasteiger partial charge in [0.25, 0.3) is 5.91 Å². The van der Waals surface area contributed by atoms with Gasteiger partial charge in [0.1, 0.15) is 0 Å². The summed E-state index contributed by atoms with van der Waals surface area (Å²) in [6.45, 7) is 6.36. The standard InChI is InChI=1S/C15H18N2OS2/c1-4-12-5-6-13(20-12)8-16-17-15(18)11-7-14(10(2)3)19-9-11/h5-10H,4H2,1-3H3,(H,17,18)/b16-8+. The molecule has 5 heteroatoms. The van der Waals surface area contributed by atoms with Crippen LogP contribution in [0.2, 0.25) is 0 Å². The van der Waals surface area contributed by atoms with Crippen molar-refractivity contribution in [3.63, 3.8) is 0 Å². The Balaban J connectivity index is 1.94. The van der Waals surface area contributed by atoms with Crippen LogP contribution in [0.15, 0.2) is 28.7 Å². The average Bonchev–Trinajstić information content (AvgIpc) is 3.07. The fourth-order valence-corrected chi connectivity index (χ4v) is 3.38. The zero-order valence-electron chi connectivity index (χ0n) is 11.8. The smallest absolute Gasteiger partial charge is 0.267 e. The number of amides is 1. The second-order valence-electron chi connectivity index (χ2n) is 4.75. The summed E-state index contributed by atoms with van der Waals surface area (Å²) in [5.41, 5.74) is 3.25. The molecule has 0 bridgehead atoms. The number of nitrogens with one attached hydrogen (secondary N) is 1. The highest BCUT2D eigenvalue weighted by Crippen LogP contribution is 2.23. The van der Waals surface area contributed by atoms with Gasteiger partial charge in [-0.3, -0.25) is 4.79 Å². The van der Waals surface area contributed by atoms with E-state index in [0.717, 1.165) is 11.3 Å². The predicted octanol–water partition coefficient (Wildman–Crippen LogP) is 4.26. The number of carbonyl (C=O) groups excluding carboxylic acids is 1. The third-order valence-electron chi connectivity index (χ3n) is 2.84. The van der Waals surface area contributed by atoms with Crippen LogP contribution in [0.25, 0.3) is 0 Å². The molecule has 2 aromatic heterocycles. The van der Waals surface area contributed by atoms with E-state index in [4.69, 9.17) is 0 Å². The van der Waals surface area contributed by atoms with E-state index in [-0.39, 0.29) is 5.91 Å². The Kier molecular flexibility index (Phi) is 5.09. The van der Waals surface area contributed by atoms with Crippen LogP contribution in [0.4, 0.5) is 0 Å². The zero-order chi connectivity index (χ0) is 14.5. The van der Waals surface area contributed by atoms with E-state index in [1.165, 1.54) is 9.75 Å². The van der Waals surface area contributed by atoms with Gasteiger partial charge in [0.05, 0.1) is 11.8 Å². The zero-order valence-corrected chi connectivity index (χ0v) is 13.5. The molecule has 1 amide bonds. The SMILES string of the molecule is CCc1ccc(/C=N/NC(=O)c2csc(C(C)C)c2)s1. The fraction of sp³-hybridized carbons (Fsp3) is 0.333. The molecule has 0 spiro atoms. The highest BCUT2D eigenvalue weighted by atomic mass is 32.1. The predicted molar refractivity (Wildman–Crippen MR) is 87.2 cm³/mol. The van der Waals surface area contributed by atoms with Crippen LogP contribution in [-0.4, -0.2) is 12.1 Å². The first-order chi connectivity index (χ1) is 9.60. The molecular weight excluding hydrogens is 288 g/mol. The maximum atomic E-state index is 11.9. The Morgan fingerprint density at radius 1 is 1.45 bits per heavy atom. The van der Waals surface area contributed by atoms with Crippen LogP contribution < -0.4 is 5.43 Å². The molecule has 0 fully saturated rings. The van der Waals surface area contributed by atoms with Gasteiger partial charge < -0.3 is 0 Å². The van der Waals surface area contributed by atoms with Gasteiger partial charge in [0, 0.05) is 20.0 Å². The molecule has 1 N–H and O–H groups in total. The van der Waals surface area contributed by atoms with Crippen LogP contribution in [0.3, 0.4) is 0 Å². The molecule has 0 aliphatic heterocycles. The summed E-state index contributed by atoms with van der Waals surface area (Å²) < 4.78 is 0. The minimum absolute atomic E-state index is 0.156. The molecule has 2 rings (SSSR count). The number of hydrazone groups is 1. The third kappa shape index (κ3) is 3.77. The molecule has 0 unspecified atom stereocenters. The van der Waals surface area contributed by atoms with Crippen LogP contribution in [0, 0.1) is 0 Å². The number of aryl methyl sites for hydroxylation is 1. The van der Waals surface area contributed by atoms with E-state index in [2.05, 4.69) is 37.4 Å². The van der Waals surface area contributed by atoms with E-state index in [0.29, 0.717) is 11.5 Å². The van der Waals surface area contributed by atoms with Crippen molar-refractivity contribution >= 4 is 34.8 Å². The second kappa shape index (κ2) is 6.81. The summed E-state index contributed by atoms with van der Waals surface area (Å²) in [5, 5.41) is 5.89. The van der Waals surface area contributed by atoms with Crippen molar-refractivity contribution in [2.24, 2.45) is 5.10 Å². The van der Waals surface area contributed by atoms with E-state index in [1.807, 2.05) is 17.5 Å². The molecule has 20 heavy (non-hydrogen) atoms. The molecule has 2 heterocycles. The topological polar surface area (TPSA) is 41.5 Å². The number of rotatable bonds is 5. The Bertz CT molecular complexity index is 611. The van der Waals surface area contributed by atoms with Crippen molar-refractivity contribution in [2.75, 3.05) is 0 Å². The van der Waals surface area contributed by atoms with Gasteiger partial charge in [-0.2, -0.15) is 5.10 Å². The minimum atomic E-state index is -0.156. The Hall–Kier alpha value is -1.46. The van der Waals surface area contributed by atoms with Crippen LogP contribution in [0.1, 0.15) is 51.7 Å². The van der Waals surface area contributed by atoms with Gasteiger partial charge in [-0.1, -0.05) is 20.8 Å². The first-order valence-electron chi connectivity index (χ1n) is 6.60.